The second-order valence-electron chi connectivity index (χ2n) is 7.15. The Balaban J connectivity index is 1.58. The molecule has 0 atom stereocenters. The van der Waals surface area contributed by atoms with E-state index in [2.05, 4.69) is 47.1 Å². The Labute approximate surface area is 182 Å². The topological polar surface area (TPSA) is 111 Å². The highest BCUT2D eigenvalue weighted by atomic mass is 79.9. The molecule has 0 spiro atoms. The van der Waals surface area contributed by atoms with Gasteiger partial charge in [0.05, 0.1) is 18.4 Å². The number of benzene rings is 1. The van der Waals surface area contributed by atoms with Gasteiger partial charge in [-0.3, -0.25) is 9.69 Å². The Morgan fingerprint density at radius 3 is 2.67 bits per heavy atom. The maximum Gasteiger partial charge on any atom is 0.270 e. The standard InChI is InChI=1S/C21H21BrN6O2/c1-13(29)12-28-8-6-15(7-9-28)17-11-24-19(23)18(25-17)21-27-26-20(30-21)16-4-2-14(10-22)3-5-16/h2-6,11H,7-10,12H2,1H3,(H2,23,24). The van der Waals surface area contributed by atoms with Gasteiger partial charge >= 0.3 is 0 Å². The van der Waals surface area contributed by atoms with E-state index in [0.29, 0.717) is 24.7 Å². The summed E-state index contributed by atoms with van der Waals surface area (Å²) < 4.78 is 5.83. The zero-order valence-corrected chi connectivity index (χ0v) is 18.1. The van der Waals surface area contributed by atoms with Crippen LogP contribution in [0.25, 0.3) is 28.6 Å². The molecule has 30 heavy (non-hydrogen) atoms. The molecule has 1 aliphatic heterocycles. The summed E-state index contributed by atoms with van der Waals surface area (Å²) in [5.41, 5.74) is 10.2. The molecule has 0 amide bonds. The number of halogens is 1. The number of carbonyl (C=O) groups excluding carboxylic acids is 1. The number of anilines is 1. The second-order valence-corrected chi connectivity index (χ2v) is 7.71. The number of hydrogen-bond acceptors (Lipinski definition) is 8. The largest absolute Gasteiger partial charge is 0.414 e. The molecular formula is C21H21BrN6O2. The van der Waals surface area contributed by atoms with Gasteiger partial charge in [0.25, 0.3) is 5.89 Å². The number of nitrogens with two attached hydrogens (primary N) is 1. The number of hydrogen-bond donors (Lipinski definition) is 1. The van der Waals surface area contributed by atoms with Crippen LogP contribution in [0.5, 0.6) is 0 Å². The third-order valence-corrected chi connectivity index (χ3v) is 5.50. The number of ketones is 1. The van der Waals surface area contributed by atoms with Crippen LogP contribution < -0.4 is 5.73 Å². The molecule has 8 nitrogen and oxygen atoms in total. The van der Waals surface area contributed by atoms with Crippen molar-refractivity contribution in [2.75, 3.05) is 25.4 Å². The Bertz CT molecular complexity index is 1090. The summed E-state index contributed by atoms with van der Waals surface area (Å²) in [5, 5.41) is 9.04. The van der Waals surface area contributed by atoms with Crippen LogP contribution in [-0.2, 0) is 10.1 Å². The number of alkyl halides is 1. The van der Waals surface area contributed by atoms with Gasteiger partial charge in [-0.05, 0) is 36.6 Å². The number of carbonyl (C=O) groups is 1. The Kier molecular flexibility index (Phi) is 6.01. The normalized spacial score (nSPS) is 14.5. The highest BCUT2D eigenvalue weighted by Crippen LogP contribution is 2.28. The van der Waals surface area contributed by atoms with Crippen molar-refractivity contribution in [3.8, 4) is 23.0 Å². The third kappa shape index (κ3) is 4.47. The van der Waals surface area contributed by atoms with Gasteiger partial charge in [0, 0.05) is 24.0 Å². The van der Waals surface area contributed by atoms with Crippen LogP contribution in [0.1, 0.15) is 24.6 Å². The summed E-state index contributed by atoms with van der Waals surface area (Å²) in [6.45, 7) is 3.56. The third-order valence-electron chi connectivity index (χ3n) is 4.85. The van der Waals surface area contributed by atoms with Crippen LogP contribution >= 0.6 is 15.9 Å². The summed E-state index contributed by atoms with van der Waals surface area (Å²) in [6, 6.07) is 7.85. The van der Waals surface area contributed by atoms with Gasteiger partial charge in [-0.1, -0.05) is 34.1 Å². The fourth-order valence-corrected chi connectivity index (χ4v) is 3.66. The molecule has 0 unspecified atom stereocenters. The van der Waals surface area contributed by atoms with Crippen LogP contribution in [0.3, 0.4) is 0 Å². The molecular weight excluding hydrogens is 448 g/mol. The van der Waals surface area contributed by atoms with Crippen molar-refractivity contribution in [2.45, 2.75) is 18.7 Å². The molecule has 0 bridgehead atoms. The molecule has 0 fully saturated rings. The number of aromatic nitrogens is 4. The van der Waals surface area contributed by atoms with Gasteiger partial charge in [-0.15, -0.1) is 10.2 Å². The van der Waals surface area contributed by atoms with E-state index in [0.717, 1.165) is 40.7 Å². The van der Waals surface area contributed by atoms with E-state index in [9.17, 15) is 4.79 Å². The second kappa shape index (κ2) is 8.85. The lowest BCUT2D eigenvalue weighted by Gasteiger charge is -2.24. The number of rotatable bonds is 6. The molecule has 2 N–H and O–H groups in total. The minimum atomic E-state index is 0.162. The number of nitrogens with zero attached hydrogens (tertiary/aromatic N) is 5. The SMILES string of the molecule is CC(=O)CN1CC=C(c2cnc(N)c(-c3nnc(-c4ccc(CBr)cc4)o3)n2)CC1. The molecule has 0 radical (unpaired) electrons. The predicted molar refractivity (Wildman–Crippen MR) is 118 cm³/mol. The summed E-state index contributed by atoms with van der Waals surface area (Å²) in [5.74, 6) is 1.03. The number of nitrogen functional groups attached to an aromatic ring is 1. The van der Waals surface area contributed by atoms with Gasteiger partial charge in [-0.25, -0.2) is 9.97 Å². The first kappa shape index (κ1) is 20.4. The van der Waals surface area contributed by atoms with E-state index in [4.69, 9.17) is 10.2 Å². The van der Waals surface area contributed by atoms with Crippen molar-refractivity contribution in [3.63, 3.8) is 0 Å². The fourth-order valence-electron chi connectivity index (χ4n) is 3.28. The maximum absolute atomic E-state index is 11.3. The molecule has 1 aliphatic rings. The summed E-state index contributed by atoms with van der Waals surface area (Å²) in [6.07, 6.45) is 4.50. The van der Waals surface area contributed by atoms with Crippen molar-refractivity contribution < 1.29 is 9.21 Å². The number of Topliss-reactive ketones (excluding diaryl/α,β-unsaturated/α-hetero) is 1. The first-order chi connectivity index (χ1) is 14.5. The zero-order chi connectivity index (χ0) is 21.1. The van der Waals surface area contributed by atoms with E-state index < -0.39 is 0 Å². The zero-order valence-electron chi connectivity index (χ0n) is 16.5. The highest BCUT2D eigenvalue weighted by molar-refractivity contribution is 9.08. The van der Waals surface area contributed by atoms with Crippen LogP contribution in [0, 0.1) is 0 Å². The van der Waals surface area contributed by atoms with Crippen molar-refractivity contribution >= 4 is 33.1 Å². The smallest absolute Gasteiger partial charge is 0.270 e. The fraction of sp³-hybridized carbons (Fsp3) is 0.286. The molecule has 4 rings (SSSR count). The first-order valence-corrected chi connectivity index (χ1v) is 10.7. The van der Waals surface area contributed by atoms with Gasteiger partial charge in [0.2, 0.25) is 5.89 Å². The molecule has 0 aliphatic carbocycles. The monoisotopic (exact) mass is 468 g/mol. The van der Waals surface area contributed by atoms with Gasteiger partial charge in [0.1, 0.15) is 5.78 Å². The Morgan fingerprint density at radius 1 is 1.23 bits per heavy atom. The van der Waals surface area contributed by atoms with Crippen LogP contribution in [0.4, 0.5) is 5.82 Å². The highest BCUT2D eigenvalue weighted by Gasteiger charge is 2.19. The minimum Gasteiger partial charge on any atom is -0.414 e. The van der Waals surface area contributed by atoms with Gasteiger partial charge in [0.15, 0.2) is 11.5 Å². The molecule has 0 saturated heterocycles. The van der Waals surface area contributed by atoms with Crippen molar-refractivity contribution in [1.82, 2.24) is 25.1 Å². The van der Waals surface area contributed by atoms with Crippen LogP contribution in [0.2, 0.25) is 0 Å². The van der Waals surface area contributed by atoms with Gasteiger partial charge in [-0.2, -0.15) is 0 Å². The van der Waals surface area contributed by atoms with E-state index in [1.807, 2.05) is 24.3 Å². The maximum atomic E-state index is 11.3. The van der Waals surface area contributed by atoms with Crippen molar-refractivity contribution in [3.05, 3.63) is 47.8 Å². The van der Waals surface area contributed by atoms with E-state index in [1.165, 1.54) is 0 Å². The van der Waals surface area contributed by atoms with Crippen LogP contribution in [-0.4, -0.2) is 50.5 Å². The van der Waals surface area contributed by atoms with E-state index >= 15 is 0 Å². The lowest BCUT2D eigenvalue weighted by Crippen LogP contribution is -2.32. The molecule has 9 heteroatoms. The molecule has 3 aromatic rings. The molecule has 154 valence electrons. The summed E-state index contributed by atoms with van der Waals surface area (Å²) in [4.78, 5) is 22.3. The van der Waals surface area contributed by atoms with Gasteiger partial charge < -0.3 is 10.2 Å². The quantitative estimate of drug-likeness (QED) is 0.548. The lowest BCUT2D eigenvalue weighted by atomic mass is 10.0. The van der Waals surface area contributed by atoms with Crippen molar-refractivity contribution in [2.24, 2.45) is 0 Å². The lowest BCUT2D eigenvalue weighted by molar-refractivity contribution is -0.118. The van der Waals surface area contributed by atoms with Crippen LogP contribution in [0.15, 0.2) is 41.0 Å². The average molecular weight is 469 g/mol. The minimum absolute atomic E-state index is 0.162. The van der Waals surface area contributed by atoms with E-state index in [-0.39, 0.29) is 17.5 Å². The molecule has 1 aromatic carbocycles. The predicted octanol–water partition coefficient (Wildman–Crippen LogP) is 3.35. The molecule has 2 aromatic heterocycles. The summed E-state index contributed by atoms with van der Waals surface area (Å²) >= 11 is 3.43. The van der Waals surface area contributed by atoms with Crippen molar-refractivity contribution in [1.29, 1.82) is 0 Å². The Morgan fingerprint density at radius 2 is 2.00 bits per heavy atom. The Hall–Kier alpha value is -2.91. The molecule has 0 saturated carbocycles. The first-order valence-electron chi connectivity index (χ1n) is 9.56. The average Bonchev–Trinajstić information content (AvgIpc) is 3.24. The molecule has 3 heterocycles. The van der Waals surface area contributed by atoms with E-state index in [1.54, 1.807) is 13.1 Å². The summed E-state index contributed by atoms with van der Waals surface area (Å²) in [7, 11) is 0.